The van der Waals surface area contributed by atoms with Crippen molar-refractivity contribution in [2.24, 2.45) is 4.99 Å². The van der Waals surface area contributed by atoms with Crippen molar-refractivity contribution in [1.82, 2.24) is 4.90 Å². The highest BCUT2D eigenvalue weighted by molar-refractivity contribution is 14.0. The SMILES string of the molecule is COc1ccc(CN(Cc2ccc(OC)cc2)C(=Nc2cc(Cl)ccc2Oc2ccccc2)SC)cc1.I. The van der Waals surface area contributed by atoms with Crippen LogP contribution in [0.5, 0.6) is 23.0 Å². The maximum atomic E-state index is 6.37. The fourth-order valence-corrected chi connectivity index (χ4v) is 4.47. The second-order valence-electron chi connectivity index (χ2n) is 8.18. The van der Waals surface area contributed by atoms with Gasteiger partial charge in [0.2, 0.25) is 0 Å². The van der Waals surface area contributed by atoms with Crippen LogP contribution < -0.4 is 14.2 Å². The minimum absolute atomic E-state index is 0. The molecule has 0 saturated carbocycles. The first-order valence-electron chi connectivity index (χ1n) is 11.7. The Morgan fingerprint density at radius 3 is 1.82 bits per heavy atom. The van der Waals surface area contributed by atoms with Gasteiger partial charge in [-0.05, 0) is 72.0 Å². The average molecular weight is 661 g/mol. The van der Waals surface area contributed by atoms with E-state index in [9.17, 15) is 0 Å². The highest BCUT2D eigenvalue weighted by Gasteiger charge is 2.15. The molecule has 0 radical (unpaired) electrons. The highest BCUT2D eigenvalue weighted by Crippen LogP contribution is 2.35. The summed E-state index contributed by atoms with van der Waals surface area (Å²) in [6.45, 7) is 1.32. The number of rotatable bonds is 9. The van der Waals surface area contributed by atoms with Gasteiger partial charge in [-0.2, -0.15) is 0 Å². The molecule has 8 heteroatoms. The van der Waals surface area contributed by atoms with Crippen LogP contribution in [0.2, 0.25) is 5.02 Å². The number of aliphatic imine (C=N–C) groups is 1. The second kappa shape index (κ2) is 14.9. The normalized spacial score (nSPS) is 10.9. The van der Waals surface area contributed by atoms with Gasteiger partial charge in [0.15, 0.2) is 10.9 Å². The lowest BCUT2D eigenvalue weighted by Crippen LogP contribution is -2.27. The van der Waals surface area contributed by atoms with E-state index in [1.807, 2.05) is 79.1 Å². The minimum Gasteiger partial charge on any atom is -0.497 e. The van der Waals surface area contributed by atoms with Crippen LogP contribution in [0.4, 0.5) is 5.69 Å². The number of benzene rings is 4. The molecule has 0 atom stereocenters. The lowest BCUT2D eigenvalue weighted by atomic mass is 10.1. The zero-order valence-corrected chi connectivity index (χ0v) is 25.4. The smallest absolute Gasteiger partial charge is 0.164 e. The van der Waals surface area contributed by atoms with E-state index in [2.05, 4.69) is 29.2 Å². The average Bonchev–Trinajstić information content (AvgIpc) is 2.94. The van der Waals surface area contributed by atoms with Crippen LogP contribution in [0.25, 0.3) is 0 Å². The lowest BCUT2D eigenvalue weighted by Gasteiger charge is -2.26. The summed E-state index contributed by atoms with van der Waals surface area (Å²) < 4.78 is 16.8. The molecular weight excluding hydrogens is 631 g/mol. The monoisotopic (exact) mass is 660 g/mol. The quantitative estimate of drug-likeness (QED) is 0.102. The van der Waals surface area contributed by atoms with Gasteiger partial charge >= 0.3 is 0 Å². The Labute approximate surface area is 250 Å². The number of para-hydroxylation sites is 1. The number of hydrogen-bond donors (Lipinski definition) is 0. The van der Waals surface area contributed by atoms with Gasteiger partial charge in [-0.25, -0.2) is 4.99 Å². The molecule has 0 fully saturated rings. The number of halogens is 2. The van der Waals surface area contributed by atoms with Crippen molar-refractivity contribution >= 4 is 58.2 Å². The van der Waals surface area contributed by atoms with Crippen molar-refractivity contribution in [2.45, 2.75) is 13.1 Å². The summed E-state index contributed by atoms with van der Waals surface area (Å²) in [5.74, 6) is 3.02. The number of ether oxygens (including phenoxy) is 3. The van der Waals surface area contributed by atoms with Gasteiger partial charge in [-0.15, -0.1) is 24.0 Å². The Bertz CT molecular complexity index is 1270. The Morgan fingerprint density at radius 2 is 1.32 bits per heavy atom. The van der Waals surface area contributed by atoms with E-state index >= 15 is 0 Å². The fraction of sp³-hybridized carbons (Fsp3) is 0.167. The molecule has 4 aromatic carbocycles. The van der Waals surface area contributed by atoms with Crippen molar-refractivity contribution in [3.8, 4) is 23.0 Å². The summed E-state index contributed by atoms with van der Waals surface area (Å²) in [7, 11) is 3.34. The third-order valence-electron chi connectivity index (χ3n) is 5.63. The summed E-state index contributed by atoms with van der Waals surface area (Å²) >= 11 is 7.95. The van der Waals surface area contributed by atoms with Crippen LogP contribution in [-0.2, 0) is 13.1 Å². The van der Waals surface area contributed by atoms with E-state index in [1.165, 1.54) is 0 Å². The molecule has 0 aromatic heterocycles. The van der Waals surface area contributed by atoms with Crippen LogP contribution >= 0.6 is 47.3 Å². The van der Waals surface area contributed by atoms with Crippen molar-refractivity contribution in [3.05, 3.63) is 113 Å². The Balaban J connectivity index is 0.00000400. The van der Waals surface area contributed by atoms with Gasteiger partial charge in [0.1, 0.15) is 22.9 Å². The van der Waals surface area contributed by atoms with Crippen molar-refractivity contribution in [2.75, 3.05) is 20.5 Å². The molecule has 0 aliphatic heterocycles. The molecule has 0 aliphatic carbocycles. The molecule has 0 spiro atoms. The Hall–Kier alpha value is -2.88. The van der Waals surface area contributed by atoms with Gasteiger partial charge in [0.25, 0.3) is 0 Å². The summed E-state index contributed by atoms with van der Waals surface area (Å²) in [6.07, 6.45) is 2.02. The zero-order chi connectivity index (χ0) is 26.0. The summed E-state index contributed by atoms with van der Waals surface area (Å²) in [6, 6.07) is 31.3. The highest BCUT2D eigenvalue weighted by atomic mass is 127. The molecular formula is C30H30ClIN2O3S. The zero-order valence-electron chi connectivity index (χ0n) is 21.5. The largest absolute Gasteiger partial charge is 0.497 e. The fourth-order valence-electron chi connectivity index (χ4n) is 3.72. The van der Waals surface area contributed by atoms with E-state index in [-0.39, 0.29) is 24.0 Å². The molecule has 5 nitrogen and oxygen atoms in total. The van der Waals surface area contributed by atoms with E-state index in [1.54, 1.807) is 26.0 Å². The van der Waals surface area contributed by atoms with E-state index in [0.29, 0.717) is 29.5 Å². The molecule has 0 aliphatic rings. The summed E-state index contributed by atoms with van der Waals surface area (Å²) in [5.41, 5.74) is 2.95. The van der Waals surface area contributed by atoms with Gasteiger partial charge < -0.3 is 19.1 Å². The molecule has 0 heterocycles. The summed E-state index contributed by atoms with van der Waals surface area (Å²) in [5, 5.41) is 1.43. The van der Waals surface area contributed by atoms with Gasteiger partial charge in [-0.1, -0.05) is 65.8 Å². The molecule has 0 N–H and O–H groups in total. The van der Waals surface area contributed by atoms with Crippen LogP contribution in [0.1, 0.15) is 11.1 Å². The number of thioether (sulfide) groups is 1. The van der Waals surface area contributed by atoms with E-state index in [0.717, 1.165) is 33.5 Å². The molecule has 4 aromatic rings. The Morgan fingerprint density at radius 1 is 0.763 bits per heavy atom. The van der Waals surface area contributed by atoms with Gasteiger partial charge in [0, 0.05) is 18.1 Å². The third kappa shape index (κ3) is 8.31. The van der Waals surface area contributed by atoms with Crippen molar-refractivity contribution in [3.63, 3.8) is 0 Å². The first kappa shape index (κ1) is 29.7. The van der Waals surface area contributed by atoms with Crippen LogP contribution in [0.3, 0.4) is 0 Å². The number of methoxy groups -OCH3 is 2. The van der Waals surface area contributed by atoms with Crippen LogP contribution in [0, 0.1) is 0 Å². The second-order valence-corrected chi connectivity index (χ2v) is 9.39. The van der Waals surface area contributed by atoms with Crippen LogP contribution in [-0.4, -0.2) is 30.5 Å². The summed E-state index contributed by atoms with van der Waals surface area (Å²) in [4.78, 5) is 7.28. The maximum absolute atomic E-state index is 6.37. The van der Waals surface area contributed by atoms with Crippen molar-refractivity contribution in [1.29, 1.82) is 0 Å². The first-order valence-corrected chi connectivity index (χ1v) is 13.3. The predicted molar refractivity (Wildman–Crippen MR) is 169 cm³/mol. The Kier molecular flexibility index (Phi) is 11.6. The topological polar surface area (TPSA) is 43.3 Å². The molecule has 0 saturated heterocycles. The molecule has 198 valence electrons. The molecule has 0 unspecified atom stereocenters. The third-order valence-corrected chi connectivity index (χ3v) is 6.58. The number of nitrogens with zero attached hydrogens (tertiary/aromatic N) is 2. The first-order chi connectivity index (χ1) is 18.1. The number of amidine groups is 1. The van der Waals surface area contributed by atoms with E-state index in [4.69, 9.17) is 30.8 Å². The molecule has 0 bridgehead atoms. The van der Waals surface area contributed by atoms with Gasteiger partial charge in [-0.3, -0.25) is 0 Å². The van der Waals surface area contributed by atoms with E-state index < -0.39 is 0 Å². The maximum Gasteiger partial charge on any atom is 0.164 e. The molecule has 38 heavy (non-hydrogen) atoms. The molecule has 0 amide bonds. The van der Waals surface area contributed by atoms with Crippen LogP contribution in [0.15, 0.2) is 102 Å². The number of hydrogen-bond acceptors (Lipinski definition) is 5. The lowest BCUT2D eigenvalue weighted by molar-refractivity contribution is 0.405. The molecule has 4 rings (SSSR count). The standard InChI is InChI=1S/C30H29ClN2O3S.HI/c1-34-25-14-9-22(10-15-25)20-33(21-23-11-16-26(35-2)17-12-23)30(37-3)32-28-19-24(31)13-18-29(28)36-27-7-5-4-6-8-27;/h4-19H,20-21H2,1-3H3;1H. The van der Waals surface area contributed by atoms with Crippen molar-refractivity contribution < 1.29 is 14.2 Å². The minimum atomic E-state index is 0. The predicted octanol–water partition coefficient (Wildman–Crippen LogP) is 8.82. The van der Waals surface area contributed by atoms with Gasteiger partial charge in [0.05, 0.1) is 14.2 Å².